The molecule has 0 spiro atoms. The van der Waals surface area contributed by atoms with Crippen LogP contribution in [0.2, 0.25) is 0 Å². The van der Waals surface area contributed by atoms with Crippen LogP contribution in [-0.4, -0.2) is 81.0 Å². The lowest BCUT2D eigenvalue weighted by Gasteiger charge is -2.44. The normalized spacial score (nSPS) is 34.9. The molecular weight excluding hydrogens is 262 g/mol. The summed E-state index contributed by atoms with van der Waals surface area (Å²) in [6.45, 7) is 0.635. The summed E-state index contributed by atoms with van der Waals surface area (Å²) in [6, 6.07) is 0. The second-order valence-electron chi connectivity index (χ2n) is 4.10. The third-order valence-electron chi connectivity index (χ3n) is 2.95. The van der Waals surface area contributed by atoms with E-state index in [1.54, 1.807) is 0 Å². The first-order valence-corrected chi connectivity index (χ1v) is 5.67. The van der Waals surface area contributed by atoms with E-state index in [2.05, 4.69) is 0 Å². The molecule has 19 heavy (non-hydrogen) atoms. The zero-order chi connectivity index (χ0) is 14.7. The third-order valence-corrected chi connectivity index (χ3v) is 2.95. The van der Waals surface area contributed by atoms with E-state index in [0.717, 1.165) is 0 Å². The number of aliphatic hydroxyl groups is 4. The number of amides is 1. The molecule has 0 saturated carbocycles. The molecule has 5 atom stereocenters. The quantitative estimate of drug-likeness (QED) is 0.376. The molecule has 0 aromatic rings. The van der Waals surface area contributed by atoms with Crippen LogP contribution in [0, 0.1) is 0 Å². The number of carbonyl (C=O) groups is 2. The maximum Gasteiger partial charge on any atom is 0.271 e. The molecule has 9 heteroatoms. The van der Waals surface area contributed by atoms with Crippen molar-refractivity contribution in [2.24, 2.45) is 0 Å². The molecule has 9 nitrogen and oxygen atoms in total. The largest absolute Gasteiger partial charge is 0.540 e. The number of rotatable bonds is 3. The highest BCUT2D eigenvalue weighted by Crippen LogP contribution is 2.23. The van der Waals surface area contributed by atoms with Gasteiger partial charge in [0, 0.05) is 6.54 Å². The summed E-state index contributed by atoms with van der Waals surface area (Å²) in [4.78, 5) is 22.5. The van der Waals surface area contributed by atoms with Gasteiger partial charge in [-0.25, -0.2) is 0 Å². The van der Waals surface area contributed by atoms with Gasteiger partial charge >= 0.3 is 0 Å². The first-order valence-electron chi connectivity index (χ1n) is 5.67. The Balaban J connectivity index is 2.96. The summed E-state index contributed by atoms with van der Waals surface area (Å²) in [5.74, 6) is -3.41. The number of carbonyl (C=O) groups excluding carboxylic acids is 2. The SMILES string of the molecule is CCN(C(=O)C(=O)[O-])[C@@H]1O[C@H](CO)[C@@H](O)[C@H](O)[C@H]1O. The Morgan fingerprint density at radius 3 is 2.21 bits per heavy atom. The van der Waals surface area contributed by atoms with Crippen LogP contribution in [0.15, 0.2) is 0 Å². The number of likely N-dealkylation sites (N-methyl/N-ethyl adjacent to an activating group) is 1. The molecule has 1 fully saturated rings. The van der Waals surface area contributed by atoms with Crippen molar-refractivity contribution in [2.75, 3.05) is 13.2 Å². The van der Waals surface area contributed by atoms with Gasteiger partial charge in [-0.3, -0.25) is 4.79 Å². The highest BCUT2D eigenvalue weighted by molar-refractivity contribution is 6.30. The second kappa shape index (κ2) is 6.26. The van der Waals surface area contributed by atoms with Gasteiger partial charge in [-0.1, -0.05) is 0 Å². The van der Waals surface area contributed by atoms with Crippen molar-refractivity contribution in [2.45, 2.75) is 37.6 Å². The van der Waals surface area contributed by atoms with E-state index < -0.39 is 49.1 Å². The molecule has 0 bridgehead atoms. The Morgan fingerprint density at radius 1 is 1.21 bits per heavy atom. The lowest BCUT2D eigenvalue weighted by Crippen LogP contribution is -2.65. The van der Waals surface area contributed by atoms with E-state index in [1.807, 2.05) is 0 Å². The van der Waals surface area contributed by atoms with Crippen LogP contribution in [-0.2, 0) is 14.3 Å². The van der Waals surface area contributed by atoms with E-state index in [9.17, 15) is 30.0 Å². The summed E-state index contributed by atoms with van der Waals surface area (Å²) in [5.41, 5.74) is 0. The average Bonchev–Trinajstić information content (AvgIpc) is 2.39. The van der Waals surface area contributed by atoms with Crippen molar-refractivity contribution in [3.63, 3.8) is 0 Å². The van der Waals surface area contributed by atoms with Crippen LogP contribution in [0.25, 0.3) is 0 Å². The summed E-state index contributed by atoms with van der Waals surface area (Å²) < 4.78 is 5.06. The first kappa shape index (κ1) is 15.8. The van der Waals surface area contributed by atoms with Gasteiger partial charge in [-0.2, -0.15) is 0 Å². The highest BCUT2D eigenvalue weighted by Gasteiger charge is 2.46. The molecule has 0 aromatic heterocycles. The molecule has 1 saturated heterocycles. The van der Waals surface area contributed by atoms with Crippen molar-refractivity contribution in [1.82, 2.24) is 4.90 Å². The maximum atomic E-state index is 11.4. The number of hydrogen-bond donors (Lipinski definition) is 4. The molecule has 1 amide bonds. The molecule has 0 unspecified atom stereocenters. The molecule has 0 aromatic carbocycles. The van der Waals surface area contributed by atoms with E-state index in [0.29, 0.717) is 4.90 Å². The molecule has 0 radical (unpaired) electrons. The average molecular weight is 278 g/mol. The molecule has 1 heterocycles. The summed E-state index contributed by atoms with van der Waals surface area (Å²) in [5, 5.41) is 48.3. The van der Waals surface area contributed by atoms with Gasteiger partial charge in [0.15, 0.2) is 6.23 Å². The first-order chi connectivity index (χ1) is 8.84. The fourth-order valence-electron chi connectivity index (χ4n) is 1.90. The number of hydrogen-bond acceptors (Lipinski definition) is 8. The standard InChI is InChI=1S/C10H17NO8/c1-2-11(8(16)10(17)18)9-7(15)6(14)5(13)4(3-12)19-9/h4-7,9,12-15H,2-3H2,1H3,(H,17,18)/p-1/t4-,5-,6+,7-,9-/m1/s1. The molecule has 1 rings (SSSR count). The smallest absolute Gasteiger partial charge is 0.271 e. The number of carboxylic acids is 1. The minimum Gasteiger partial charge on any atom is -0.540 e. The van der Waals surface area contributed by atoms with Crippen molar-refractivity contribution in [1.29, 1.82) is 0 Å². The van der Waals surface area contributed by atoms with Crippen LogP contribution in [0.3, 0.4) is 0 Å². The Morgan fingerprint density at radius 2 is 1.79 bits per heavy atom. The van der Waals surface area contributed by atoms with Crippen LogP contribution >= 0.6 is 0 Å². The van der Waals surface area contributed by atoms with Gasteiger partial charge in [-0.05, 0) is 6.92 Å². The molecular formula is C10H16NO8-. The minimum absolute atomic E-state index is 0.129. The van der Waals surface area contributed by atoms with Gasteiger partial charge in [0.25, 0.3) is 5.91 Å². The summed E-state index contributed by atoms with van der Waals surface area (Å²) in [7, 11) is 0. The van der Waals surface area contributed by atoms with Crippen LogP contribution in [0.4, 0.5) is 0 Å². The van der Waals surface area contributed by atoms with E-state index in [1.165, 1.54) is 6.92 Å². The fourth-order valence-corrected chi connectivity index (χ4v) is 1.90. The molecule has 0 aliphatic carbocycles. The van der Waals surface area contributed by atoms with Crippen LogP contribution < -0.4 is 5.11 Å². The topological polar surface area (TPSA) is 151 Å². The Kier molecular flexibility index (Phi) is 5.20. The number of ether oxygens (including phenoxy) is 1. The Hall–Kier alpha value is -1.26. The van der Waals surface area contributed by atoms with Gasteiger partial charge in [0.2, 0.25) is 0 Å². The lowest BCUT2D eigenvalue weighted by atomic mass is 9.97. The van der Waals surface area contributed by atoms with Crippen molar-refractivity contribution in [3.05, 3.63) is 0 Å². The predicted molar refractivity (Wildman–Crippen MR) is 56.2 cm³/mol. The third kappa shape index (κ3) is 3.01. The molecule has 1 aliphatic heterocycles. The maximum absolute atomic E-state index is 11.4. The minimum atomic E-state index is -1.99. The van der Waals surface area contributed by atoms with E-state index in [4.69, 9.17) is 9.84 Å². The zero-order valence-corrected chi connectivity index (χ0v) is 10.2. The van der Waals surface area contributed by atoms with Crippen molar-refractivity contribution < 1.29 is 39.9 Å². The zero-order valence-electron chi connectivity index (χ0n) is 10.2. The second-order valence-corrected chi connectivity index (χ2v) is 4.10. The van der Waals surface area contributed by atoms with E-state index in [-0.39, 0.29) is 6.54 Å². The number of nitrogens with zero attached hydrogens (tertiary/aromatic N) is 1. The van der Waals surface area contributed by atoms with Gasteiger partial charge < -0.3 is 40.0 Å². The number of aliphatic hydroxyl groups excluding tert-OH is 4. The van der Waals surface area contributed by atoms with Crippen molar-refractivity contribution in [3.8, 4) is 0 Å². The van der Waals surface area contributed by atoms with Gasteiger partial charge in [0.1, 0.15) is 30.4 Å². The van der Waals surface area contributed by atoms with E-state index >= 15 is 0 Å². The number of carboxylic acid groups (broad SMARTS) is 1. The Labute approximate surface area is 108 Å². The summed E-state index contributed by atoms with van der Waals surface area (Å²) >= 11 is 0. The monoisotopic (exact) mass is 278 g/mol. The predicted octanol–water partition coefficient (Wildman–Crippen LogP) is -4.62. The highest BCUT2D eigenvalue weighted by atomic mass is 16.6. The van der Waals surface area contributed by atoms with Gasteiger partial charge in [0.05, 0.1) is 6.61 Å². The number of aliphatic carboxylic acids is 1. The molecule has 1 aliphatic rings. The Bertz CT molecular complexity index is 346. The fraction of sp³-hybridized carbons (Fsp3) is 0.800. The molecule has 110 valence electrons. The summed E-state index contributed by atoms with van der Waals surface area (Å²) in [6.07, 6.45) is -7.67. The van der Waals surface area contributed by atoms with Crippen LogP contribution in [0.1, 0.15) is 6.92 Å². The van der Waals surface area contributed by atoms with Crippen molar-refractivity contribution >= 4 is 11.9 Å². The van der Waals surface area contributed by atoms with Gasteiger partial charge in [-0.15, -0.1) is 0 Å². The van der Waals surface area contributed by atoms with Crippen LogP contribution in [0.5, 0.6) is 0 Å². The lowest BCUT2D eigenvalue weighted by molar-refractivity contribution is -0.306. The molecule has 4 N–H and O–H groups in total.